The fourth-order valence-corrected chi connectivity index (χ4v) is 3.66. The minimum atomic E-state index is 0.157. The van der Waals surface area contributed by atoms with E-state index in [1.165, 1.54) is 31.2 Å². The Morgan fingerprint density at radius 3 is 2.48 bits per heavy atom. The Labute approximate surface area is 127 Å². The second kappa shape index (κ2) is 6.97. The lowest BCUT2D eigenvalue weighted by Gasteiger charge is -2.26. The van der Waals surface area contributed by atoms with Crippen LogP contribution in [-0.2, 0) is 0 Å². The van der Waals surface area contributed by atoms with Crippen molar-refractivity contribution < 1.29 is 4.79 Å². The summed E-state index contributed by atoms with van der Waals surface area (Å²) in [5.74, 6) is 0.489. The Morgan fingerprint density at radius 2 is 1.71 bits per heavy atom. The lowest BCUT2D eigenvalue weighted by atomic mass is 9.94. The molecule has 1 aliphatic carbocycles. The van der Waals surface area contributed by atoms with Gasteiger partial charge in [0.05, 0.1) is 0 Å². The average molecular weight is 286 g/mol. The summed E-state index contributed by atoms with van der Waals surface area (Å²) in [5, 5.41) is 3.24. The molecule has 2 fully saturated rings. The Bertz CT molecular complexity index is 454. The predicted molar refractivity (Wildman–Crippen MR) is 85.4 cm³/mol. The zero-order valence-electron chi connectivity index (χ0n) is 12.8. The van der Waals surface area contributed by atoms with Crippen LogP contribution in [0.3, 0.4) is 0 Å². The predicted octanol–water partition coefficient (Wildman–Crippen LogP) is 3.91. The number of carbonyl (C=O) groups is 1. The van der Waals surface area contributed by atoms with Crippen LogP contribution >= 0.6 is 0 Å². The number of nitrogens with zero attached hydrogens (tertiary/aromatic N) is 1. The van der Waals surface area contributed by atoms with Gasteiger partial charge in [-0.1, -0.05) is 49.6 Å². The summed E-state index contributed by atoms with van der Waals surface area (Å²) in [6.45, 7) is 1.77. The molecule has 1 saturated heterocycles. The molecule has 0 spiro atoms. The number of nitrogens with one attached hydrogen (secondary N) is 1. The quantitative estimate of drug-likeness (QED) is 0.878. The summed E-state index contributed by atoms with van der Waals surface area (Å²) >= 11 is 0. The van der Waals surface area contributed by atoms with Gasteiger partial charge in [0, 0.05) is 25.0 Å². The number of amides is 2. The van der Waals surface area contributed by atoms with E-state index in [9.17, 15) is 4.79 Å². The van der Waals surface area contributed by atoms with Gasteiger partial charge in [-0.25, -0.2) is 4.79 Å². The van der Waals surface area contributed by atoms with Gasteiger partial charge in [-0.15, -0.1) is 0 Å². The molecule has 3 nitrogen and oxygen atoms in total. The van der Waals surface area contributed by atoms with Gasteiger partial charge in [0.15, 0.2) is 0 Å². The number of likely N-dealkylation sites (tertiary alicyclic amines) is 1. The molecular weight excluding hydrogens is 260 g/mol. The molecule has 2 amide bonds. The summed E-state index contributed by atoms with van der Waals surface area (Å²) in [5.41, 5.74) is 1.37. The third kappa shape index (κ3) is 3.78. The Hall–Kier alpha value is -1.51. The third-order valence-electron chi connectivity index (χ3n) is 4.91. The molecule has 1 N–H and O–H groups in total. The van der Waals surface area contributed by atoms with Crippen molar-refractivity contribution in [1.29, 1.82) is 0 Å². The maximum absolute atomic E-state index is 12.5. The number of rotatable bonds is 2. The highest BCUT2D eigenvalue weighted by molar-refractivity contribution is 5.74. The van der Waals surface area contributed by atoms with Gasteiger partial charge < -0.3 is 10.2 Å². The van der Waals surface area contributed by atoms with Crippen molar-refractivity contribution in [2.24, 2.45) is 0 Å². The van der Waals surface area contributed by atoms with Crippen LogP contribution < -0.4 is 5.32 Å². The van der Waals surface area contributed by atoms with Crippen LogP contribution in [0.5, 0.6) is 0 Å². The normalized spacial score (nSPS) is 23.8. The van der Waals surface area contributed by atoms with Crippen LogP contribution in [0, 0.1) is 0 Å². The molecule has 3 rings (SSSR count). The highest BCUT2D eigenvalue weighted by Gasteiger charge is 2.25. The number of hydrogen-bond donors (Lipinski definition) is 1. The van der Waals surface area contributed by atoms with Crippen molar-refractivity contribution >= 4 is 6.03 Å². The van der Waals surface area contributed by atoms with Crippen LogP contribution in [-0.4, -0.2) is 30.1 Å². The van der Waals surface area contributed by atoms with Crippen LogP contribution in [0.15, 0.2) is 30.3 Å². The van der Waals surface area contributed by atoms with Crippen LogP contribution in [0.4, 0.5) is 4.79 Å². The van der Waals surface area contributed by atoms with Gasteiger partial charge in [0.1, 0.15) is 0 Å². The highest BCUT2D eigenvalue weighted by atomic mass is 16.2. The molecule has 114 valence electrons. The van der Waals surface area contributed by atoms with Crippen molar-refractivity contribution in [2.45, 2.75) is 56.9 Å². The molecule has 0 bridgehead atoms. The smallest absolute Gasteiger partial charge is 0.317 e. The van der Waals surface area contributed by atoms with Crippen molar-refractivity contribution in [3.05, 3.63) is 35.9 Å². The largest absolute Gasteiger partial charge is 0.335 e. The lowest BCUT2D eigenvalue weighted by molar-refractivity contribution is 0.193. The summed E-state index contributed by atoms with van der Waals surface area (Å²) in [6, 6.07) is 11.2. The number of urea groups is 1. The van der Waals surface area contributed by atoms with E-state index in [4.69, 9.17) is 0 Å². The molecule has 1 atom stereocenters. The van der Waals surface area contributed by atoms with E-state index in [0.29, 0.717) is 12.0 Å². The average Bonchev–Trinajstić information content (AvgIpc) is 2.89. The van der Waals surface area contributed by atoms with E-state index in [1.807, 2.05) is 4.90 Å². The Balaban J connectivity index is 1.63. The van der Waals surface area contributed by atoms with Crippen molar-refractivity contribution in [3.8, 4) is 0 Å². The first-order valence-corrected chi connectivity index (χ1v) is 8.43. The second-order valence-corrected chi connectivity index (χ2v) is 6.48. The molecule has 1 aliphatic heterocycles. The third-order valence-corrected chi connectivity index (χ3v) is 4.91. The second-order valence-electron chi connectivity index (χ2n) is 6.48. The van der Waals surface area contributed by atoms with Gasteiger partial charge in [-0.3, -0.25) is 0 Å². The molecule has 1 aromatic rings. The van der Waals surface area contributed by atoms with Crippen LogP contribution in [0.1, 0.15) is 56.4 Å². The van der Waals surface area contributed by atoms with Gasteiger partial charge >= 0.3 is 6.03 Å². The first kappa shape index (κ1) is 14.4. The van der Waals surface area contributed by atoms with E-state index < -0.39 is 0 Å². The van der Waals surface area contributed by atoms with Gasteiger partial charge in [-0.2, -0.15) is 0 Å². The zero-order valence-corrected chi connectivity index (χ0v) is 12.8. The summed E-state index contributed by atoms with van der Waals surface area (Å²) < 4.78 is 0. The van der Waals surface area contributed by atoms with E-state index in [0.717, 1.165) is 32.4 Å². The molecular formula is C18H26N2O. The lowest BCUT2D eigenvalue weighted by Crippen LogP contribution is -2.45. The first-order chi connectivity index (χ1) is 10.3. The zero-order chi connectivity index (χ0) is 14.5. The number of benzene rings is 1. The summed E-state index contributed by atoms with van der Waals surface area (Å²) in [4.78, 5) is 14.5. The minimum Gasteiger partial charge on any atom is -0.335 e. The van der Waals surface area contributed by atoms with E-state index >= 15 is 0 Å². The molecule has 1 aromatic carbocycles. The molecule has 21 heavy (non-hydrogen) atoms. The molecule has 3 heteroatoms. The molecule has 1 unspecified atom stereocenters. The van der Waals surface area contributed by atoms with Crippen LogP contribution in [0.25, 0.3) is 0 Å². The molecule has 2 aliphatic rings. The minimum absolute atomic E-state index is 0.157. The topological polar surface area (TPSA) is 32.3 Å². The fraction of sp³-hybridized carbons (Fsp3) is 0.611. The van der Waals surface area contributed by atoms with Gasteiger partial charge in [0.25, 0.3) is 0 Å². The molecule has 0 radical (unpaired) electrons. The van der Waals surface area contributed by atoms with E-state index in [-0.39, 0.29) is 6.03 Å². The van der Waals surface area contributed by atoms with E-state index in [2.05, 4.69) is 35.6 Å². The van der Waals surface area contributed by atoms with E-state index in [1.54, 1.807) is 0 Å². The highest BCUT2D eigenvalue weighted by Crippen LogP contribution is 2.26. The SMILES string of the molecule is O=C(NC1CCCC1)N1CCCCC(c2ccccc2)C1. The van der Waals surface area contributed by atoms with Crippen molar-refractivity contribution in [2.75, 3.05) is 13.1 Å². The van der Waals surface area contributed by atoms with Crippen molar-refractivity contribution in [1.82, 2.24) is 10.2 Å². The number of hydrogen-bond acceptors (Lipinski definition) is 1. The van der Waals surface area contributed by atoms with Crippen LogP contribution in [0.2, 0.25) is 0 Å². The molecule has 1 saturated carbocycles. The monoisotopic (exact) mass is 286 g/mol. The number of carbonyl (C=O) groups excluding carboxylic acids is 1. The first-order valence-electron chi connectivity index (χ1n) is 8.43. The maximum atomic E-state index is 12.5. The maximum Gasteiger partial charge on any atom is 0.317 e. The Kier molecular flexibility index (Phi) is 4.79. The summed E-state index contributed by atoms with van der Waals surface area (Å²) in [7, 11) is 0. The van der Waals surface area contributed by atoms with Crippen molar-refractivity contribution in [3.63, 3.8) is 0 Å². The fourth-order valence-electron chi connectivity index (χ4n) is 3.66. The van der Waals surface area contributed by atoms with Gasteiger partial charge in [0.2, 0.25) is 0 Å². The van der Waals surface area contributed by atoms with Gasteiger partial charge in [-0.05, 0) is 31.2 Å². The standard InChI is InChI=1S/C18H26N2O/c21-18(19-17-11-4-5-12-17)20-13-7-6-10-16(14-20)15-8-2-1-3-9-15/h1-3,8-9,16-17H,4-7,10-14H2,(H,19,21). The molecule has 0 aromatic heterocycles. The Morgan fingerprint density at radius 1 is 1.00 bits per heavy atom. The summed E-state index contributed by atoms with van der Waals surface area (Å²) in [6.07, 6.45) is 8.37. The molecule has 1 heterocycles.